The molecule has 0 saturated carbocycles. The molecule has 0 saturated heterocycles. The topological polar surface area (TPSA) is 67.6 Å². The van der Waals surface area contributed by atoms with Crippen molar-refractivity contribution in [2.45, 2.75) is 18.5 Å². The van der Waals surface area contributed by atoms with Gasteiger partial charge in [0.05, 0.1) is 17.9 Å². The Kier molecular flexibility index (Phi) is 4.95. The molecule has 0 spiro atoms. The number of aliphatic carboxylic acids is 1. The van der Waals surface area contributed by atoms with Gasteiger partial charge in [0.15, 0.2) is 5.16 Å². The van der Waals surface area contributed by atoms with Gasteiger partial charge in [-0.1, -0.05) is 24.8 Å². The number of aromatic nitrogens is 2. The van der Waals surface area contributed by atoms with Gasteiger partial charge < -0.3 is 14.9 Å². The second-order valence-corrected chi connectivity index (χ2v) is 5.65. The number of nitrogens with zero attached hydrogens (tertiary/aromatic N) is 3. The number of carbonyl (C=O) groups is 1. The van der Waals surface area contributed by atoms with E-state index in [2.05, 4.69) is 4.98 Å². The van der Waals surface area contributed by atoms with Crippen molar-refractivity contribution in [3.8, 4) is 5.75 Å². The lowest BCUT2D eigenvalue weighted by molar-refractivity contribution is -0.133. The zero-order chi connectivity index (χ0) is 15.4. The first-order chi connectivity index (χ1) is 10.0. The third-order valence-corrected chi connectivity index (χ3v) is 3.69. The fourth-order valence-corrected chi connectivity index (χ4v) is 2.77. The number of imidazole rings is 1. The van der Waals surface area contributed by atoms with E-state index in [1.807, 2.05) is 48.9 Å². The van der Waals surface area contributed by atoms with E-state index in [0.29, 0.717) is 11.8 Å². The van der Waals surface area contributed by atoms with Crippen LogP contribution in [-0.2, 0) is 4.79 Å². The van der Waals surface area contributed by atoms with Crippen molar-refractivity contribution >= 4 is 28.8 Å². The molecular weight excluding hydrogens is 290 g/mol. The number of hydrogen-bond donors (Lipinski definition) is 1. The third kappa shape index (κ3) is 3.41. The van der Waals surface area contributed by atoms with Crippen LogP contribution in [0.5, 0.6) is 5.75 Å². The normalized spacial score (nSPS) is 10.8. The van der Waals surface area contributed by atoms with Crippen molar-refractivity contribution in [1.82, 2.24) is 9.66 Å². The second-order valence-electron chi connectivity index (χ2n) is 4.71. The lowest BCUT2D eigenvalue weighted by Crippen LogP contribution is -2.25. The molecule has 2 rings (SSSR count). The Labute approximate surface area is 127 Å². The monoisotopic (exact) mass is 309 g/mol. The van der Waals surface area contributed by atoms with Crippen LogP contribution in [0.2, 0.25) is 0 Å². The van der Waals surface area contributed by atoms with Gasteiger partial charge in [-0.3, -0.25) is 4.79 Å². The molecule has 7 heteroatoms. The zero-order valence-electron chi connectivity index (χ0n) is 12.4. The minimum absolute atomic E-state index is 0.0255. The minimum atomic E-state index is -0.861. The van der Waals surface area contributed by atoms with E-state index in [4.69, 9.17) is 9.84 Å². The Morgan fingerprint density at radius 1 is 1.48 bits per heavy atom. The number of para-hydroxylation sites is 1. The molecule has 1 N–H and O–H groups in total. The van der Waals surface area contributed by atoms with E-state index in [1.54, 1.807) is 0 Å². The van der Waals surface area contributed by atoms with E-state index in [-0.39, 0.29) is 5.75 Å². The molecule has 114 valence electrons. The average Bonchev–Trinajstić information content (AvgIpc) is 2.81. The number of benzene rings is 1. The van der Waals surface area contributed by atoms with Crippen LogP contribution in [0.4, 0.5) is 0 Å². The van der Waals surface area contributed by atoms with Gasteiger partial charge in [0, 0.05) is 14.1 Å². The van der Waals surface area contributed by atoms with Crippen molar-refractivity contribution in [1.29, 1.82) is 0 Å². The Morgan fingerprint density at radius 3 is 2.86 bits per heavy atom. The van der Waals surface area contributed by atoms with Gasteiger partial charge in [0.2, 0.25) is 0 Å². The summed E-state index contributed by atoms with van der Waals surface area (Å²) in [5.74, 6) is -0.158. The molecule has 2 aromatic rings. The summed E-state index contributed by atoms with van der Waals surface area (Å²) in [7, 11) is 3.79. The largest absolute Gasteiger partial charge is 0.491 e. The Balaban J connectivity index is 2.47. The van der Waals surface area contributed by atoms with E-state index in [1.165, 1.54) is 11.8 Å². The van der Waals surface area contributed by atoms with Gasteiger partial charge >= 0.3 is 5.97 Å². The molecule has 0 fully saturated rings. The summed E-state index contributed by atoms with van der Waals surface area (Å²) in [6, 6.07) is 5.75. The Bertz CT molecular complexity index is 640. The summed E-state index contributed by atoms with van der Waals surface area (Å²) < 4.78 is 7.61. The molecule has 0 aliphatic carbocycles. The summed E-state index contributed by atoms with van der Waals surface area (Å²) >= 11 is 1.20. The number of carboxylic acids is 1. The van der Waals surface area contributed by atoms with Crippen LogP contribution in [0.15, 0.2) is 23.4 Å². The van der Waals surface area contributed by atoms with Crippen LogP contribution in [0, 0.1) is 0 Å². The van der Waals surface area contributed by atoms with Gasteiger partial charge in [0.1, 0.15) is 11.3 Å². The van der Waals surface area contributed by atoms with Crippen molar-refractivity contribution in [2.24, 2.45) is 0 Å². The van der Waals surface area contributed by atoms with Crippen LogP contribution in [0.1, 0.15) is 13.3 Å². The first-order valence-corrected chi connectivity index (χ1v) is 7.69. The summed E-state index contributed by atoms with van der Waals surface area (Å²) in [5.41, 5.74) is 1.66. The molecule has 0 unspecified atom stereocenters. The highest BCUT2D eigenvalue weighted by molar-refractivity contribution is 7.99. The maximum atomic E-state index is 10.8. The summed E-state index contributed by atoms with van der Waals surface area (Å²) in [6.45, 7) is 2.68. The van der Waals surface area contributed by atoms with Crippen molar-refractivity contribution in [3.63, 3.8) is 0 Å². The van der Waals surface area contributed by atoms with Crippen molar-refractivity contribution < 1.29 is 14.6 Å². The van der Waals surface area contributed by atoms with Crippen molar-refractivity contribution in [2.75, 3.05) is 31.5 Å². The van der Waals surface area contributed by atoms with Gasteiger partial charge in [-0.2, -0.15) is 0 Å². The molecule has 0 radical (unpaired) electrons. The molecule has 0 aliphatic rings. The average molecular weight is 309 g/mol. The first-order valence-electron chi connectivity index (χ1n) is 6.71. The van der Waals surface area contributed by atoms with E-state index in [9.17, 15) is 4.79 Å². The number of rotatable bonds is 7. The predicted octanol–water partition coefficient (Wildman–Crippen LogP) is 2.20. The van der Waals surface area contributed by atoms with Crippen LogP contribution in [0.3, 0.4) is 0 Å². The van der Waals surface area contributed by atoms with E-state index < -0.39 is 5.97 Å². The third-order valence-electron chi connectivity index (χ3n) is 2.78. The Hall–Kier alpha value is -1.89. The van der Waals surface area contributed by atoms with Crippen LogP contribution in [0.25, 0.3) is 11.0 Å². The quantitative estimate of drug-likeness (QED) is 0.791. The standard InChI is InChI=1S/C14H19N3O3S/c1-4-8-20-11-7-5-6-10-13(11)15-14(17(10)16(2)3)21-9-12(18)19/h5-7H,4,8-9H2,1-3H3,(H,18,19). The maximum absolute atomic E-state index is 10.8. The van der Waals surface area contributed by atoms with E-state index in [0.717, 1.165) is 23.2 Å². The lowest BCUT2D eigenvalue weighted by atomic mass is 10.3. The fourth-order valence-electron chi connectivity index (χ4n) is 1.97. The number of ether oxygens (including phenoxy) is 1. The molecule has 1 heterocycles. The first kappa shape index (κ1) is 15.5. The van der Waals surface area contributed by atoms with Gasteiger partial charge in [-0.15, -0.1) is 0 Å². The maximum Gasteiger partial charge on any atom is 0.313 e. The Morgan fingerprint density at radius 2 is 2.24 bits per heavy atom. The molecular formula is C14H19N3O3S. The fraction of sp³-hybridized carbons (Fsp3) is 0.429. The number of fused-ring (bicyclic) bond motifs is 1. The highest BCUT2D eigenvalue weighted by Crippen LogP contribution is 2.30. The lowest BCUT2D eigenvalue weighted by Gasteiger charge is -2.17. The smallest absolute Gasteiger partial charge is 0.313 e. The molecule has 21 heavy (non-hydrogen) atoms. The number of hydrogen-bond acceptors (Lipinski definition) is 5. The molecule has 1 aromatic carbocycles. The van der Waals surface area contributed by atoms with Crippen LogP contribution >= 0.6 is 11.8 Å². The molecule has 0 amide bonds. The molecule has 6 nitrogen and oxygen atoms in total. The molecule has 0 aliphatic heterocycles. The number of thioether (sulfide) groups is 1. The SMILES string of the molecule is CCCOc1cccc2c1nc(SCC(=O)O)n2N(C)C. The van der Waals surface area contributed by atoms with Gasteiger partial charge in [-0.25, -0.2) is 9.66 Å². The van der Waals surface area contributed by atoms with E-state index >= 15 is 0 Å². The highest BCUT2D eigenvalue weighted by atomic mass is 32.2. The summed E-state index contributed by atoms with van der Waals surface area (Å²) in [5, 5.41) is 11.4. The van der Waals surface area contributed by atoms with Gasteiger partial charge in [0.25, 0.3) is 0 Å². The van der Waals surface area contributed by atoms with Crippen LogP contribution < -0.4 is 9.75 Å². The second kappa shape index (κ2) is 6.71. The molecule has 0 bridgehead atoms. The summed E-state index contributed by atoms with van der Waals surface area (Å²) in [6.07, 6.45) is 0.922. The molecule has 1 aromatic heterocycles. The van der Waals surface area contributed by atoms with Crippen molar-refractivity contribution in [3.05, 3.63) is 18.2 Å². The van der Waals surface area contributed by atoms with Gasteiger partial charge in [-0.05, 0) is 18.6 Å². The molecule has 0 atom stereocenters. The predicted molar refractivity (Wildman–Crippen MR) is 83.9 cm³/mol. The number of carboxylic acid groups (broad SMARTS) is 1. The highest BCUT2D eigenvalue weighted by Gasteiger charge is 2.17. The zero-order valence-corrected chi connectivity index (χ0v) is 13.2. The summed E-state index contributed by atoms with van der Waals surface area (Å²) in [4.78, 5) is 15.3. The van der Waals surface area contributed by atoms with Crippen LogP contribution in [-0.4, -0.2) is 47.2 Å². The minimum Gasteiger partial charge on any atom is -0.491 e.